The summed E-state index contributed by atoms with van der Waals surface area (Å²) in [5, 5.41) is 5.81. The van der Waals surface area contributed by atoms with Gasteiger partial charge in [0.2, 0.25) is 11.7 Å². The van der Waals surface area contributed by atoms with Crippen LogP contribution in [0.25, 0.3) is 11.1 Å². The van der Waals surface area contributed by atoms with Gasteiger partial charge in [-0.15, -0.1) is 0 Å². The van der Waals surface area contributed by atoms with Crippen molar-refractivity contribution in [1.29, 1.82) is 0 Å². The Balaban J connectivity index is 1.32. The molecule has 0 saturated carbocycles. The van der Waals surface area contributed by atoms with E-state index in [0.29, 0.717) is 69.7 Å². The van der Waals surface area contributed by atoms with E-state index < -0.39 is 23.9 Å². The van der Waals surface area contributed by atoms with Gasteiger partial charge in [-0.25, -0.2) is 4.39 Å². The van der Waals surface area contributed by atoms with Gasteiger partial charge < -0.3 is 44.0 Å². The predicted molar refractivity (Wildman–Crippen MR) is 189 cm³/mol. The van der Waals surface area contributed by atoms with Crippen LogP contribution in [0.1, 0.15) is 27.9 Å². The third-order valence-corrected chi connectivity index (χ3v) is 9.07. The van der Waals surface area contributed by atoms with Crippen molar-refractivity contribution in [2.75, 3.05) is 48.1 Å². The van der Waals surface area contributed by atoms with Crippen LogP contribution in [0.5, 0.6) is 34.5 Å². The summed E-state index contributed by atoms with van der Waals surface area (Å²) in [5.41, 5.74) is 2.41. The van der Waals surface area contributed by atoms with Crippen LogP contribution in [0.3, 0.4) is 0 Å². The lowest BCUT2D eigenvalue weighted by Crippen LogP contribution is -2.58. The zero-order valence-corrected chi connectivity index (χ0v) is 29.3. The largest absolute Gasteiger partial charge is 0.496 e. The maximum atomic E-state index is 15.3. The van der Waals surface area contributed by atoms with Gasteiger partial charge in [0.05, 0.1) is 46.5 Å². The maximum absolute atomic E-state index is 15.3. The average molecular weight is 714 g/mol. The molecule has 2 N–H and O–H groups in total. The lowest BCUT2D eigenvalue weighted by Gasteiger charge is -2.39. The second kappa shape index (κ2) is 15.9. The maximum Gasteiger partial charge on any atom is 0.258 e. The Morgan fingerprint density at radius 2 is 1.62 bits per heavy atom. The quantitative estimate of drug-likeness (QED) is 0.295. The summed E-state index contributed by atoms with van der Waals surface area (Å²) in [6.45, 7) is 0.399. The van der Waals surface area contributed by atoms with Gasteiger partial charge in [0.25, 0.3) is 11.8 Å². The van der Waals surface area contributed by atoms with Gasteiger partial charge >= 0.3 is 0 Å². The average Bonchev–Trinajstić information content (AvgIpc) is 3.16. The molecule has 0 unspecified atom stereocenters. The van der Waals surface area contributed by atoms with Gasteiger partial charge in [-0.3, -0.25) is 14.4 Å². The van der Waals surface area contributed by atoms with Crippen LogP contribution in [0.4, 0.5) is 4.39 Å². The van der Waals surface area contributed by atoms with E-state index in [-0.39, 0.29) is 43.5 Å². The molecule has 272 valence electrons. The van der Waals surface area contributed by atoms with Gasteiger partial charge in [0.15, 0.2) is 18.1 Å². The molecule has 0 spiro atoms. The number of hydrogen-bond donors (Lipinski definition) is 2. The molecule has 1 saturated heterocycles. The molecule has 0 radical (unpaired) electrons. The van der Waals surface area contributed by atoms with Gasteiger partial charge in [-0.1, -0.05) is 18.2 Å². The number of fused-ring (bicyclic) bond motifs is 7. The molecule has 3 amide bonds. The monoisotopic (exact) mass is 713 g/mol. The minimum atomic E-state index is -0.722. The topological polar surface area (TPSA) is 134 Å². The van der Waals surface area contributed by atoms with Crippen molar-refractivity contribution in [2.45, 2.75) is 31.5 Å². The number of nitrogens with one attached hydrogen (secondary N) is 2. The van der Waals surface area contributed by atoms with Gasteiger partial charge in [0, 0.05) is 37.7 Å². The zero-order valence-electron chi connectivity index (χ0n) is 29.3. The molecular weight excluding hydrogens is 673 g/mol. The number of likely N-dealkylation sites (tertiary alicyclic amines) is 1. The number of piperidine rings is 1. The zero-order chi connectivity index (χ0) is 36.8. The van der Waals surface area contributed by atoms with Crippen molar-refractivity contribution >= 4 is 17.7 Å². The molecular formula is C39H40FN3O9. The first-order valence-corrected chi connectivity index (χ1v) is 16.7. The standard InChI is InChI=1S/C39H40FN3O9/c1-47-33-19-28-10-8-26(33)20-41-36(44)22-51-27-7-5-6-24(17-27)25-9-11-30(40)29(18-25)39(46)42-31-21-43(13-12-32(31)52-28)37(45)16-23-14-34(48-2)38(50-4)35(15-23)49-3/h5-11,14-15,17-19,31-32H,12-13,16,20-22H2,1-4H3,(H,41,44)(H,42,46)/t31-,32+/m1/s1. The first-order chi connectivity index (χ1) is 25.2. The number of methoxy groups -OCH3 is 4. The Morgan fingerprint density at radius 3 is 2.35 bits per heavy atom. The number of amides is 3. The fourth-order valence-electron chi connectivity index (χ4n) is 6.36. The second-order valence-corrected chi connectivity index (χ2v) is 12.3. The van der Waals surface area contributed by atoms with Crippen molar-refractivity contribution in [3.05, 3.63) is 95.3 Å². The minimum Gasteiger partial charge on any atom is -0.496 e. The summed E-state index contributed by atoms with van der Waals surface area (Å²) in [6, 6.07) is 19.2. The van der Waals surface area contributed by atoms with Crippen LogP contribution in [0, 0.1) is 5.82 Å². The van der Waals surface area contributed by atoms with E-state index in [1.165, 1.54) is 40.6 Å². The fourth-order valence-corrected chi connectivity index (χ4v) is 6.36. The third-order valence-electron chi connectivity index (χ3n) is 9.07. The molecule has 3 heterocycles. The lowest BCUT2D eigenvalue weighted by molar-refractivity contribution is -0.133. The molecule has 13 heteroatoms. The van der Waals surface area contributed by atoms with E-state index >= 15 is 4.39 Å². The Labute approximate surface area is 300 Å². The molecule has 52 heavy (non-hydrogen) atoms. The van der Waals surface area contributed by atoms with Crippen molar-refractivity contribution < 1.29 is 47.2 Å². The Kier molecular flexibility index (Phi) is 11.0. The van der Waals surface area contributed by atoms with E-state index in [1.807, 2.05) is 0 Å². The van der Waals surface area contributed by atoms with Crippen LogP contribution in [0.2, 0.25) is 0 Å². The van der Waals surface area contributed by atoms with Crippen molar-refractivity contribution in [3.63, 3.8) is 0 Å². The SMILES string of the molecule is COc1cc2ccc1CNC(=O)COc1cccc(c1)-c1ccc(F)c(c1)C(=O)N[C@@H]1CN(C(=O)Cc3cc(OC)c(OC)c(OC)c3)CC[C@@H]1O2. The summed E-state index contributed by atoms with van der Waals surface area (Å²) in [6.07, 6.45) is -0.200. The number of nitrogens with zero attached hydrogens (tertiary/aromatic N) is 1. The van der Waals surface area contributed by atoms with Crippen molar-refractivity contribution in [2.24, 2.45) is 0 Å². The minimum absolute atomic E-state index is 0.0254. The third kappa shape index (κ3) is 7.98. The Bertz CT molecular complexity index is 1940. The molecule has 3 aliphatic heterocycles. The smallest absolute Gasteiger partial charge is 0.258 e. The summed E-state index contributed by atoms with van der Waals surface area (Å²) in [4.78, 5) is 41.9. The molecule has 1 fully saturated rings. The number of rotatable bonds is 6. The Morgan fingerprint density at radius 1 is 0.865 bits per heavy atom. The summed E-state index contributed by atoms with van der Waals surface area (Å²) in [5.74, 6) is 0.720. The number of carbonyl (C=O) groups excluding carboxylic acids is 3. The van der Waals surface area contributed by atoms with Gasteiger partial charge in [-0.2, -0.15) is 0 Å². The highest BCUT2D eigenvalue weighted by Crippen LogP contribution is 2.38. The highest BCUT2D eigenvalue weighted by atomic mass is 19.1. The van der Waals surface area contributed by atoms with E-state index in [4.69, 9.17) is 28.4 Å². The van der Waals surface area contributed by atoms with Crippen LogP contribution in [-0.4, -0.2) is 82.9 Å². The van der Waals surface area contributed by atoms with Crippen molar-refractivity contribution in [3.8, 4) is 45.6 Å². The first-order valence-electron chi connectivity index (χ1n) is 16.7. The lowest BCUT2D eigenvalue weighted by atomic mass is 9.98. The molecule has 3 aliphatic rings. The highest BCUT2D eigenvalue weighted by Gasteiger charge is 2.35. The molecule has 12 nitrogen and oxygen atoms in total. The van der Waals surface area contributed by atoms with E-state index in [9.17, 15) is 14.4 Å². The summed E-state index contributed by atoms with van der Waals surface area (Å²) < 4.78 is 49.4. The number of benzene rings is 4. The number of halogens is 1. The highest BCUT2D eigenvalue weighted by molar-refractivity contribution is 5.96. The first kappa shape index (κ1) is 35.8. The molecule has 4 aromatic rings. The molecule has 7 rings (SSSR count). The van der Waals surface area contributed by atoms with Crippen LogP contribution in [-0.2, 0) is 22.6 Å². The Hall–Kier alpha value is -5.98. The fraction of sp³-hybridized carbons (Fsp3) is 0.308. The molecule has 6 bridgehead atoms. The normalized spacial score (nSPS) is 17.4. The molecule has 2 atom stereocenters. The molecule has 0 aliphatic carbocycles. The molecule has 0 aromatic heterocycles. The van der Waals surface area contributed by atoms with Crippen LogP contribution in [0.15, 0.2) is 72.8 Å². The number of hydrogen-bond acceptors (Lipinski definition) is 9. The summed E-state index contributed by atoms with van der Waals surface area (Å²) >= 11 is 0. The van der Waals surface area contributed by atoms with Gasteiger partial charge in [-0.05, 0) is 65.2 Å². The van der Waals surface area contributed by atoms with E-state index in [1.54, 1.807) is 65.6 Å². The van der Waals surface area contributed by atoms with E-state index in [0.717, 1.165) is 0 Å². The number of carbonyl (C=O) groups is 3. The predicted octanol–water partition coefficient (Wildman–Crippen LogP) is 4.56. The van der Waals surface area contributed by atoms with Crippen LogP contribution < -0.4 is 39.1 Å². The second-order valence-electron chi connectivity index (χ2n) is 12.3. The van der Waals surface area contributed by atoms with E-state index in [2.05, 4.69) is 10.6 Å². The number of ether oxygens (including phenoxy) is 6. The van der Waals surface area contributed by atoms with Gasteiger partial charge in [0.1, 0.15) is 29.2 Å². The van der Waals surface area contributed by atoms with Crippen LogP contribution >= 0.6 is 0 Å². The summed E-state index contributed by atoms with van der Waals surface area (Å²) in [7, 11) is 6.03. The molecule has 4 aromatic carbocycles. The van der Waals surface area contributed by atoms with Crippen molar-refractivity contribution in [1.82, 2.24) is 15.5 Å².